The lowest BCUT2D eigenvalue weighted by atomic mass is 9.37. The molecular formula is C20H34O2. The number of aliphatic hydroxyl groups excluding tert-OH is 2. The van der Waals surface area contributed by atoms with Gasteiger partial charge in [-0.05, 0) is 78.4 Å². The Hall–Kier alpha value is -0.0800. The summed E-state index contributed by atoms with van der Waals surface area (Å²) in [4.78, 5) is 0. The molecule has 2 heteroatoms. The molecule has 1 spiro atoms. The van der Waals surface area contributed by atoms with Crippen LogP contribution in [0.25, 0.3) is 0 Å². The molecule has 0 aromatic heterocycles. The molecule has 2 nitrogen and oxygen atoms in total. The smallest absolute Gasteiger partial charge is 0.0596 e. The van der Waals surface area contributed by atoms with E-state index in [4.69, 9.17) is 0 Å². The van der Waals surface area contributed by atoms with Crippen molar-refractivity contribution in [1.29, 1.82) is 0 Å². The summed E-state index contributed by atoms with van der Waals surface area (Å²) in [7, 11) is 0. The maximum atomic E-state index is 11.0. The lowest BCUT2D eigenvalue weighted by Crippen LogP contribution is -2.64. The molecule has 0 aromatic rings. The van der Waals surface area contributed by atoms with E-state index in [0.29, 0.717) is 17.3 Å². The number of rotatable bonds is 0. The molecule has 4 aliphatic rings. The Morgan fingerprint density at radius 1 is 0.864 bits per heavy atom. The van der Waals surface area contributed by atoms with Crippen LogP contribution in [-0.4, -0.2) is 22.4 Å². The van der Waals surface area contributed by atoms with Crippen LogP contribution in [0.5, 0.6) is 0 Å². The van der Waals surface area contributed by atoms with E-state index in [1.807, 2.05) is 0 Å². The number of aliphatic hydroxyl groups is 2. The zero-order valence-corrected chi connectivity index (χ0v) is 14.9. The molecule has 7 atom stereocenters. The molecular weight excluding hydrogens is 272 g/mol. The van der Waals surface area contributed by atoms with Crippen molar-refractivity contribution in [2.24, 2.45) is 33.5 Å². The van der Waals surface area contributed by atoms with E-state index in [1.54, 1.807) is 0 Å². The maximum Gasteiger partial charge on any atom is 0.0596 e. The van der Waals surface area contributed by atoms with Crippen molar-refractivity contribution < 1.29 is 10.2 Å². The SMILES string of the molecule is CC1(C)CCC[C@@]2(C)[C@H]1[C@@H](O)C[C@H]1C[C@@H](O)[C@]3(C)CC[C@]12C3. The highest BCUT2D eigenvalue weighted by Crippen LogP contribution is 2.76. The number of hydrogen-bond donors (Lipinski definition) is 2. The Bertz CT molecular complexity index is 486. The molecule has 0 saturated heterocycles. The van der Waals surface area contributed by atoms with Gasteiger partial charge in [0.1, 0.15) is 0 Å². The van der Waals surface area contributed by atoms with Crippen molar-refractivity contribution in [2.45, 2.75) is 91.3 Å². The second-order valence-electron chi connectivity index (χ2n) is 10.5. The van der Waals surface area contributed by atoms with Crippen molar-refractivity contribution in [3.05, 3.63) is 0 Å². The molecule has 4 saturated carbocycles. The highest BCUT2D eigenvalue weighted by molar-refractivity contribution is 5.19. The van der Waals surface area contributed by atoms with Gasteiger partial charge in [0.15, 0.2) is 0 Å². The van der Waals surface area contributed by atoms with Crippen LogP contribution in [-0.2, 0) is 0 Å². The molecule has 0 aromatic carbocycles. The summed E-state index contributed by atoms with van der Waals surface area (Å²) in [6.07, 6.45) is 9.02. The fraction of sp³-hybridized carbons (Fsp3) is 1.00. The Morgan fingerprint density at radius 3 is 2.32 bits per heavy atom. The molecule has 2 bridgehead atoms. The molecule has 4 aliphatic carbocycles. The van der Waals surface area contributed by atoms with E-state index < -0.39 is 0 Å². The van der Waals surface area contributed by atoms with E-state index in [2.05, 4.69) is 27.7 Å². The van der Waals surface area contributed by atoms with E-state index >= 15 is 0 Å². The predicted octanol–water partition coefficient (Wildman–Crippen LogP) is 4.14. The third-order valence-corrected chi connectivity index (χ3v) is 9.05. The van der Waals surface area contributed by atoms with Gasteiger partial charge in [0.2, 0.25) is 0 Å². The van der Waals surface area contributed by atoms with Crippen LogP contribution < -0.4 is 0 Å². The van der Waals surface area contributed by atoms with Gasteiger partial charge in [0.05, 0.1) is 12.2 Å². The average Bonchev–Trinajstić information content (AvgIpc) is 2.71. The van der Waals surface area contributed by atoms with Crippen LogP contribution in [0.4, 0.5) is 0 Å². The first-order valence-electron chi connectivity index (χ1n) is 9.51. The fourth-order valence-corrected chi connectivity index (χ4v) is 8.11. The molecule has 0 aliphatic heterocycles. The predicted molar refractivity (Wildman–Crippen MR) is 88.4 cm³/mol. The Labute approximate surface area is 135 Å². The van der Waals surface area contributed by atoms with Gasteiger partial charge in [-0.25, -0.2) is 0 Å². The van der Waals surface area contributed by atoms with Gasteiger partial charge in [-0.3, -0.25) is 0 Å². The Morgan fingerprint density at radius 2 is 1.59 bits per heavy atom. The number of fused-ring (bicyclic) bond motifs is 2. The molecule has 4 fully saturated rings. The largest absolute Gasteiger partial charge is 0.393 e. The number of hydrogen-bond acceptors (Lipinski definition) is 2. The second-order valence-corrected chi connectivity index (χ2v) is 10.5. The quantitative estimate of drug-likeness (QED) is 0.706. The third kappa shape index (κ3) is 1.64. The highest BCUT2D eigenvalue weighted by Gasteiger charge is 2.70. The third-order valence-electron chi connectivity index (χ3n) is 9.05. The molecule has 0 amide bonds. The molecule has 4 rings (SSSR count). The zero-order chi connectivity index (χ0) is 16.0. The van der Waals surface area contributed by atoms with Gasteiger partial charge < -0.3 is 10.2 Å². The van der Waals surface area contributed by atoms with Crippen LogP contribution >= 0.6 is 0 Å². The first-order chi connectivity index (χ1) is 10.1. The summed E-state index contributed by atoms with van der Waals surface area (Å²) < 4.78 is 0. The minimum atomic E-state index is -0.173. The molecule has 0 heterocycles. The van der Waals surface area contributed by atoms with Gasteiger partial charge >= 0.3 is 0 Å². The maximum absolute atomic E-state index is 11.0. The minimum Gasteiger partial charge on any atom is -0.393 e. The van der Waals surface area contributed by atoms with Crippen molar-refractivity contribution in [2.75, 3.05) is 0 Å². The van der Waals surface area contributed by atoms with Gasteiger partial charge in [-0.1, -0.05) is 34.1 Å². The Kier molecular flexibility index (Phi) is 3.02. The fourth-order valence-electron chi connectivity index (χ4n) is 8.11. The van der Waals surface area contributed by atoms with E-state index in [0.717, 1.165) is 12.8 Å². The second kappa shape index (κ2) is 4.30. The molecule has 0 unspecified atom stereocenters. The monoisotopic (exact) mass is 306 g/mol. The molecule has 2 N–H and O–H groups in total. The first kappa shape index (κ1) is 15.4. The van der Waals surface area contributed by atoms with Crippen molar-refractivity contribution in [3.8, 4) is 0 Å². The Balaban J connectivity index is 1.83. The van der Waals surface area contributed by atoms with E-state index in [-0.39, 0.29) is 28.5 Å². The summed E-state index contributed by atoms with van der Waals surface area (Å²) in [5, 5.41) is 21.7. The van der Waals surface area contributed by atoms with Gasteiger partial charge in [0.25, 0.3) is 0 Å². The van der Waals surface area contributed by atoms with Crippen LogP contribution in [0.2, 0.25) is 0 Å². The van der Waals surface area contributed by atoms with Crippen LogP contribution in [0, 0.1) is 33.5 Å². The first-order valence-corrected chi connectivity index (χ1v) is 9.51. The molecule has 126 valence electrons. The lowest BCUT2D eigenvalue weighted by Gasteiger charge is -2.68. The average molecular weight is 306 g/mol. The topological polar surface area (TPSA) is 40.5 Å². The summed E-state index contributed by atoms with van der Waals surface area (Å²) in [6, 6.07) is 0. The zero-order valence-electron chi connectivity index (χ0n) is 14.9. The van der Waals surface area contributed by atoms with Crippen LogP contribution in [0.3, 0.4) is 0 Å². The van der Waals surface area contributed by atoms with Crippen LogP contribution in [0.15, 0.2) is 0 Å². The minimum absolute atomic E-state index is 0.133. The van der Waals surface area contributed by atoms with Gasteiger partial charge in [0, 0.05) is 0 Å². The summed E-state index contributed by atoms with van der Waals surface area (Å²) in [6.45, 7) is 9.61. The van der Waals surface area contributed by atoms with E-state index in [1.165, 1.54) is 38.5 Å². The summed E-state index contributed by atoms with van der Waals surface area (Å²) in [5.74, 6) is 0.964. The van der Waals surface area contributed by atoms with Crippen molar-refractivity contribution >= 4 is 0 Å². The highest BCUT2D eigenvalue weighted by atomic mass is 16.3. The summed E-state index contributed by atoms with van der Waals surface area (Å²) in [5.41, 5.74) is 1.02. The standard InChI is InChI=1S/C20H34O2/c1-17(2)6-5-7-19(4)16(17)14(21)10-13-11-15(22)18(3)8-9-20(13,19)12-18/h13-16,21-22H,5-12H2,1-4H3/t13-,14-,15+,16-,18+,19-,20-/m0/s1. The van der Waals surface area contributed by atoms with Crippen molar-refractivity contribution in [1.82, 2.24) is 0 Å². The van der Waals surface area contributed by atoms with Gasteiger partial charge in [-0.2, -0.15) is 0 Å². The van der Waals surface area contributed by atoms with Gasteiger partial charge in [-0.15, -0.1) is 0 Å². The van der Waals surface area contributed by atoms with Crippen molar-refractivity contribution in [3.63, 3.8) is 0 Å². The van der Waals surface area contributed by atoms with E-state index in [9.17, 15) is 10.2 Å². The summed E-state index contributed by atoms with van der Waals surface area (Å²) >= 11 is 0. The molecule has 22 heavy (non-hydrogen) atoms. The normalized spacial score (nSPS) is 59.7. The molecule has 0 radical (unpaired) electrons. The van der Waals surface area contributed by atoms with Crippen LogP contribution in [0.1, 0.15) is 79.1 Å². The lowest BCUT2D eigenvalue weighted by molar-refractivity contribution is -0.227.